The highest BCUT2D eigenvalue weighted by molar-refractivity contribution is 7.74. The molecule has 0 amide bonds. The molecule has 5 nitrogen and oxygen atoms in total. The van der Waals surface area contributed by atoms with Gasteiger partial charge in [-0.2, -0.15) is 0 Å². The normalized spacial score (nSPS) is 11.0. The summed E-state index contributed by atoms with van der Waals surface area (Å²) in [5, 5.41) is 6.87. The molecule has 6 heteroatoms. The fourth-order valence-electron chi connectivity index (χ4n) is 2.38. The Morgan fingerprint density at radius 1 is 0.667 bits per heavy atom. The van der Waals surface area contributed by atoms with Crippen molar-refractivity contribution < 1.29 is 4.57 Å². The van der Waals surface area contributed by atoms with Crippen LogP contribution in [0, 0.1) is 0 Å². The van der Waals surface area contributed by atoms with E-state index in [1.807, 2.05) is 54.6 Å². The molecule has 0 heterocycles. The van der Waals surface area contributed by atoms with Gasteiger partial charge in [-0.3, -0.25) is 4.57 Å². The van der Waals surface area contributed by atoms with E-state index < -0.39 is 7.44 Å². The van der Waals surface area contributed by atoms with E-state index in [0.29, 0.717) is 28.1 Å². The maximum atomic E-state index is 13.7. The van der Waals surface area contributed by atoms with Gasteiger partial charge in [0.05, 0.1) is 5.30 Å². The summed E-state index contributed by atoms with van der Waals surface area (Å²) in [6.07, 6.45) is 0. The second-order valence-corrected chi connectivity index (χ2v) is 7.60. The molecule has 3 aromatic carbocycles. The van der Waals surface area contributed by atoms with Crippen LogP contribution in [0.5, 0.6) is 0 Å². The van der Waals surface area contributed by atoms with Crippen LogP contribution in [0.1, 0.15) is 0 Å². The Morgan fingerprint density at radius 3 is 1.62 bits per heavy atom. The first-order chi connectivity index (χ1) is 11.5. The number of nitrogen functional groups attached to an aromatic ring is 2. The lowest BCUT2D eigenvalue weighted by molar-refractivity contribution is 0.587. The number of anilines is 4. The molecule has 3 aromatic rings. The van der Waals surface area contributed by atoms with Crippen LogP contribution in [0.15, 0.2) is 78.9 Å². The van der Waals surface area contributed by atoms with Gasteiger partial charge >= 0.3 is 0 Å². The number of hydrogen-bond acceptors (Lipinski definition) is 3. The molecule has 24 heavy (non-hydrogen) atoms. The van der Waals surface area contributed by atoms with E-state index in [9.17, 15) is 4.57 Å². The molecular formula is C18H19N4OP. The Labute approximate surface area is 141 Å². The van der Waals surface area contributed by atoms with Crippen molar-refractivity contribution >= 4 is 35.5 Å². The molecule has 122 valence electrons. The van der Waals surface area contributed by atoms with Crippen molar-refractivity contribution in [3.05, 3.63) is 78.9 Å². The Bertz CT molecular complexity index is 831. The van der Waals surface area contributed by atoms with Crippen LogP contribution in [-0.4, -0.2) is 0 Å². The summed E-state index contributed by atoms with van der Waals surface area (Å²) >= 11 is 0. The van der Waals surface area contributed by atoms with E-state index in [2.05, 4.69) is 10.2 Å². The minimum atomic E-state index is -3.17. The fourth-order valence-corrected chi connectivity index (χ4v) is 4.29. The van der Waals surface area contributed by atoms with E-state index in [4.69, 9.17) is 11.5 Å². The van der Waals surface area contributed by atoms with Crippen molar-refractivity contribution in [1.29, 1.82) is 0 Å². The predicted molar refractivity (Wildman–Crippen MR) is 103 cm³/mol. The Balaban J connectivity index is 1.99. The summed E-state index contributed by atoms with van der Waals surface area (Å²) in [7, 11) is -3.17. The van der Waals surface area contributed by atoms with Crippen molar-refractivity contribution in [2.45, 2.75) is 0 Å². The standard InChI is InChI=1S/C18H19N4OP/c19-14-6-4-8-16(12-14)21-24(23,18-10-2-1-3-11-18)22-17-9-5-7-15(20)13-17/h1-13H,19-20H2,(H2,21,22,23). The lowest BCUT2D eigenvalue weighted by Crippen LogP contribution is -2.18. The molecule has 6 N–H and O–H groups in total. The zero-order valence-electron chi connectivity index (χ0n) is 13.0. The van der Waals surface area contributed by atoms with Gasteiger partial charge in [-0.25, -0.2) is 0 Å². The van der Waals surface area contributed by atoms with Gasteiger partial charge in [-0.15, -0.1) is 0 Å². The quantitative estimate of drug-likeness (QED) is 0.418. The molecule has 0 spiro atoms. The van der Waals surface area contributed by atoms with Gasteiger partial charge in [-0.1, -0.05) is 30.3 Å². The molecule has 0 aliphatic carbocycles. The van der Waals surface area contributed by atoms with Crippen molar-refractivity contribution in [2.75, 3.05) is 21.6 Å². The van der Waals surface area contributed by atoms with Crippen LogP contribution >= 0.6 is 7.44 Å². The van der Waals surface area contributed by atoms with Gasteiger partial charge < -0.3 is 21.6 Å². The fraction of sp³-hybridized carbons (Fsp3) is 0. The molecule has 0 aromatic heterocycles. The number of nitrogens with two attached hydrogens (primary N) is 2. The molecule has 0 saturated carbocycles. The van der Waals surface area contributed by atoms with E-state index in [0.717, 1.165) is 0 Å². The SMILES string of the molecule is Nc1cccc(NP(=O)(Nc2cccc(N)c2)c2ccccc2)c1. The molecule has 0 aliphatic rings. The van der Waals surface area contributed by atoms with Crippen LogP contribution in [-0.2, 0) is 4.57 Å². The summed E-state index contributed by atoms with van der Waals surface area (Å²) in [6.45, 7) is 0. The average molecular weight is 338 g/mol. The van der Waals surface area contributed by atoms with E-state index >= 15 is 0 Å². The third-order valence-corrected chi connectivity index (χ3v) is 5.64. The monoisotopic (exact) mass is 338 g/mol. The summed E-state index contributed by atoms with van der Waals surface area (Å²) in [5.74, 6) is 0. The molecule has 0 fully saturated rings. The smallest absolute Gasteiger partial charge is 0.287 e. The van der Waals surface area contributed by atoms with E-state index in [-0.39, 0.29) is 0 Å². The van der Waals surface area contributed by atoms with Crippen molar-refractivity contribution in [1.82, 2.24) is 0 Å². The van der Waals surface area contributed by atoms with Gasteiger partial charge in [0, 0.05) is 22.7 Å². The van der Waals surface area contributed by atoms with E-state index in [1.165, 1.54) is 0 Å². The Morgan fingerprint density at radius 2 is 1.17 bits per heavy atom. The van der Waals surface area contributed by atoms with Gasteiger partial charge in [0.25, 0.3) is 7.44 Å². The van der Waals surface area contributed by atoms with Gasteiger partial charge in [-0.05, 0) is 48.5 Å². The van der Waals surface area contributed by atoms with Gasteiger partial charge in [0.15, 0.2) is 0 Å². The average Bonchev–Trinajstić information content (AvgIpc) is 2.55. The maximum absolute atomic E-state index is 13.7. The number of rotatable bonds is 5. The third-order valence-electron chi connectivity index (χ3n) is 3.47. The molecular weight excluding hydrogens is 319 g/mol. The minimum absolute atomic E-state index is 0.601. The topological polar surface area (TPSA) is 93.2 Å². The second kappa shape index (κ2) is 6.69. The zero-order chi connectivity index (χ0) is 17.0. The van der Waals surface area contributed by atoms with Crippen LogP contribution in [0.3, 0.4) is 0 Å². The number of hydrogen-bond donors (Lipinski definition) is 4. The lowest BCUT2D eigenvalue weighted by atomic mass is 10.3. The summed E-state index contributed by atoms with van der Waals surface area (Å²) in [4.78, 5) is 0. The first kappa shape index (κ1) is 16.0. The highest BCUT2D eigenvalue weighted by atomic mass is 31.2. The first-order valence-corrected chi connectivity index (χ1v) is 9.19. The molecule has 0 saturated heterocycles. The second-order valence-electron chi connectivity index (χ2n) is 5.42. The van der Waals surface area contributed by atoms with Crippen molar-refractivity contribution in [3.63, 3.8) is 0 Å². The number of benzene rings is 3. The summed E-state index contributed by atoms with van der Waals surface area (Å²) in [6, 6.07) is 23.6. The maximum Gasteiger partial charge on any atom is 0.287 e. The van der Waals surface area contributed by atoms with Gasteiger partial charge in [0.1, 0.15) is 0 Å². The third kappa shape index (κ3) is 3.70. The molecule has 0 radical (unpaired) electrons. The molecule has 0 bridgehead atoms. The van der Waals surface area contributed by atoms with Crippen LogP contribution in [0.2, 0.25) is 0 Å². The van der Waals surface area contributed by atoms with Crippen LogP contribution in [0.4, 0.5) is 22.7 Å². The summed E-state index contributed by atoms with van der Waals surface area (Å²) < 4.78 is 13.7. The first-order valence-electron chi connectivity index (χ1n) is 7.48. The molecule has 0 aliphatic heterocycles. The highest BCUT2D eigenvalue weighted by Gasteiger charge is 2.25. The van der Waals surface area contributed by atoms with Crippen LogP contribution in [0.25, 0.3) is 0 Å². The number of nitrogens with one attached hydrogen (secondary N) is 2. The largest absolute Gasteiger partial charge is 0.399 e. The molecule has 0 atom stereocenters. The van der Waals surface area contributed by atoms with Crippen LogP contribution < -0.4 is 26.9 Å². The van der Waals surface area contributed by atoms with Gasteiger partial charge in [0.2, 0.25) is 0 Å². The van der Waals surface area contributed by atoms with E-state index in [1.54, 1.807) is 24.3 Å². The predicted octanol–water partition coefficient (Wildman–Crippen LogP) is 3.89. The minimum Gasteiger partial charge on any atom is -0.399 e. The summed E-state index contributed by atoms with van der Waals surface area (Å²) in [5.41, 5.74) is 14.2. The van der Waals surface area contributed by atoms with Crippen molar-refractivity contribution in [2.24, 2.45) is 0 Å². The molecule has 0 unspecified atom stereocenters. The Kier molecular flexibility index (Phi) is 4.45. The highest BCUT2D eigenvalue weighted by Crippen LogP contribution is 2.44. The zero-order valence-corrected chi connectivity index (χ0v) is 13.9. The van der Waals surface area contributed by atoms with Crippen molar-refractivity contribution in [3.8, 4) is 0 Å². The molecule has 3 rings (SSSR count). The lowest BCUT2D eigenvalue weighted by Gasteiger charge is -2.23. The Hall–Kier alpha value is -2.91.